The van der Waals surface area contributed by atoms with Gasteiger partial charge in [0.2, 0.25) is 0 Å². The summed E-state index contributed by atoms with van der Waals surface area (Å²) in [7, 11) is 0. The molecule has 0 saturated heterocycles. The highest BCUT2D eigenvalue weighted by atomic mass is 32.1. The lowest BCUT2D eigenvalue weighted by Gasteiger charge is -1.93. The van der Waals surface area contributed by atoms with Crippen LogP contribution in [0.3, 0.4) is 0 Å². The van der Waals surface area contributed by atoms with Crippen molar-refractivity contribution in [1.82, 2.24) is 0 Å². The molecule has 0 atom stereocenters. The largest absolute Gasteiger partial charge is 0.179 e. The summed E-state index contributed by atoms with van der Waals surface area (Å²) >= 11 is 4.12. The molecule has 0 saturated carbocycles. The summed E-state index contributed by atoms with van der Waals surface area (Å²) in [6.45, 7) is 0. The van der Waals surface area contributed by atoms with Gasteiger partial charge in [-0.05, 0) is 23.8 Å². The Morgan fingerprint density at radius 2 is 2.44 bits per heavy atom. The van der Waals surface area contributed by atoms with E-state index in [2.05, 4.69) is 24.8 Å². The normalized spacial score (nSPS) is 9.44. The number of benzene rings is 1. The van der Waals surface area contributed by atoms with E-state index in [0.717, 1.165) is 12.2 Å². The average molecular weight is 137 g/mol. The molecule has 0 aliphatic heterocycles. The van der Waals surface area contributed by atoms with Gasteiger partial charge in [-0.25, -0.2) is 0 Å². The molecular formula is C8H9S. The molecule has 0 N–H and O–H groups in total. The smallest absolute Gasteiger partial charge is 0.00574 e. The quantitative estimate of drug-likeness (QED) is 0.592. The summed E-state index contributed by atoms with van der Waals surface area (Å²) < 4.78 is 0. The fraction of sp³-hybridized carbons (Fsp3) is 0.250. The molecule has 0 aliphatic rings. The Kier molecular flexibility index (Phi) is 2.65. The number of hydrogen-bond acceptors (Lipinski definition) is 1. The highest BCUT2D eigenvalue weighted by Crippen LogP contribution is 1.98. The van der Waals surface area contributed by atoms with Gasteiger partial charge in [0.1, 0.15) is 0 Å². The van der Waals surface area contributed by atoms with Gasteiger partial charge in [0.15, 0.2) is 0 Å². The van der Waals surface area contributed by atoms with Crippen LogP contribution in [0.2, 0.25) is 0 Å². The van der Waals surface area contributed by atoms with Crippen molar-refractivity contribution in [3.8, 4) is 0 Å². The third-order valence-corrected chi connectivity index (χ3v) is 1.40. The van der Waals surface area contributed by atoms with Gasteiger partial charge in [-0.2, -0.15) is 12.6 Å². The minimum atomic E-state index is 0.915. The Hall–Kier alpha value is -0.430. The summed E-state index contributed by atoms with van der Waals surface area (Å²) in [5, 5.41) is 0. The van der Waals surface area contributed by atoms with Crippen molar-refractivity contribution in [3.05, 3.63) is 35.9 Å². The highest BCUT2D eigenvalue weighted by molar-refractivity contribution is 7.80. The molecule has 0 aromatic heterocycles. The molecule has 0 unspecified atom stereocenters. The van der Waals surface area contributed by atoms with Crippen LogP contribution in [0.4, 0.5) is 0 Å². The minimum absolute atomic E-state index is 0.915. The molecular weight excluding hydrogens is 128 g/mol. The van der Waals surface area contributed by atoms with Crippen molar-refractivity contribution in [2.75, 3.05) is 5.75 Å². The third kappa shape index (κ3) is 2.10. The van der Waals surface area contributed by atoms with Gasteiger partial charge in [0.05, 0.1) is 0 Å². The number of rotatable bonds is 2. The topological polar surface area (TPSA) is 0 Å². The first-order valence-corrected chi connectivity index (χ1v) is 3.62. The SMILES string of the molecule is SCCc1c[c]ccc1. The van der Waals surface area contributed by atoms with Crippen LogP contribution in [-0.4, -0.2) is 5.75 Å². The standard InChI is InChI=1S/C8H9S/c9-7-6-8-4-2-1-3-5-8/h1-2,4-5,9H,6-7H2. The summed E-state index contributed by atoms with van der Waals surface area (Å²) in [5.41, 5.74) is 1.31. The second kappa shape index (κ2) is 3.57. The molecule has 1 aromatic carbocycles. The van der Waals surface area contributed by atoms with Crippen LogP contribution in [0.15, 0.2) is 24.3 Å². The maximum atomic E-state index is 4.12. The van der Waals surface area contributed by atoms with Crippen LogP contribution < -0.4 is 0 Å². The van der Waals surface area contributed by atoms with Crippen LogP contribution in [-0.2, 0) is 6.42 Å². The molecule has 0 fully saturated rings. The van der Waals surface area contributed by atoms with Crippen LogP contribution in [0.25, 0.3) is 0 Å². The molecule has 0 bridgehead atoms. The molecule has 0 heterocycles. The molecule has 1 heteroatoms. The Labute approximate surface area is 61.3 Å². The monoisotopic (exact) mass is 137 g/mol. The van der Waals surface area contributed by atoms with Gasteiger partial charge in [0.25, 0.3) is 0 Å². The van der Waals surface area contributed by atoms with Crippen LogP contribution in [0.5, 0.6) is 0 Å². The van der Waals surface area contributed by atoms with Crippen molar-refractivity contribution < 1.29 is 0 Å². The highest BCUT2D eigenvalue weighted by Gasteiger charge is 1.85. The van der Waals surface area contributed by atoms with Gasteiger partial charge in [-0.1, -0.05) is 24.3 Å². The van der Waals surface area contributed by atoms with Gasteiger partial charge >= 0.3 is 0 Å². The lowest BCUT2D eigenvalue weighted by Crippen LogP contribution is -1.82. The van der Waals surface area contributed by atoms with E-state index >= 15 is 0 Å². The van der Waals surface area contributed by atoms with E-state index in [0.29, 0.717) is 0 Å². The molecule has 0 aliphatic carbocycles. The fourth-order valence-electron chi connectivity index (χ4n) is 0.715. The van der Waals surface area contributed by atoms with E-state index in [1.807, 2.05) is 18.2 Å². The average Bonchev–Trinajstić information content (AvgIpc) is 1.91. The Bertz CT molecular complexity index is 157. The summed E-state index contributed by atoms with van der Waals surface area (Å²) in [6, 6.07) is 11.0. The molecule has 47 valence electrons. The van der Waals surface area contributed by atoms with E-state index in [1.165, 1.54) is 5.56 Å². The first kappa shape index (κ1) is 6.69. The Morgan fingerprint density at radius 3 is 3.00 bits per heavy atom. The molecule has 1 radical (unpaired) electrons. The van der Waals surface area contributed by atoms with E-state index in [1.54, 1.807) is 0 Å². The van der Waals surface area contributed by atoms with Crippen LogP contribution >= 0.6 is 12.6 Å². The van der Waals surface area contributed by atoms with Crippen molar-refractivity contribution in [3.63, 3.8) is 0 Å². The number of thiol groups is 1. The maximum Gasteiger partial charge on any atom is -0.00574 e. The minimum Gasteiger partial charge on any atom is -0.179 e. The number of aryl methyl sites for hydroxylation is 1. The van der Waals surface area contributed by atoms with Crippen molar-refractivity contribution >= 4 is 12.6 Å². The van der Waals surface area contributed by atoms with E-state index in [4.69, 9.17) is 0 Å². The van der Waals surface area contributed by atoms with Crippen molar-refractivity contribution in [2.24, 2.45) is 0 Å². The molecule has 9 heavy (non-hydrogen) atoms. The van der Waals surface area contributed by atoms with E-state index < -0.39 is 0 Å². The van der Waals surface area contributed by atoms with Crippen LogP contribution in [0, 0.1) is 6.07 Å². The summed E-state index contributed by atoms with van der Waals surface area (Å²) in [6.07, 6.45) is 1.04. The summed E-state index contributed by atoms with van der Waals surface area (Å²) in [4.78, 5) is 0. The molecule has 1 aromatic rings. The molecule has 1 rings (SSSR count). The van der Waals surface area contributed by atoms with Gasteiger partial charge in [-0.3, -0.25) is 0 Å². The Balaban J connectivity index is 2.61. The maximum absolute atomic E-state index is 4.12. The zero-order valence-electron chi connectivity index (χ0n) is 5.17. The number of hydrogen-bond donors (Lipinski definition) is 1. The molecule has 0 nitrogen and oxygen atoms in total. The fourth-order valence-corrected chi connectivity index (χ4v) is 0.973. The van der Waals surface area contributed by atoms with Crippen molar-refractivity contribution in [1.29, 1.82) is 0 Å². The van der Waals surface area contributed by atoms with E-state index in [9.17, 15) is 0 Å². The zero-order valence-corrected chi connectivity index (χ0v) is 6.07. The molecule has 0 amide bonds. The predicted molar refractivity (Wildman–Crippen MR) is 42.8 cm³/mol. The Morgan fingerprint density at radius 1 is 1.56 bits per heavy atom. The van der Waals surface area contributed by atoms with Gasteiger partial charge < -0.3 is 0 Å². The second-order valence-corrected chi connectivity index (χ2v) is 2.33. The predicted octanol–water partition coefficient (Wildman–Crippen LogP) is 1.96. The van der Waals surface area contributed by atoms with Gasteiger partial charge in [-0.15, -0.1) is 0 Å². The summed E-state index contributed by atoms with van der Waals surface area (Å²) in [5.74, 6) is 0.915. The lowest BCUT2D eigenvalue weighted by atomic mass is 10.2. The molecule has 0 spiro atoms. The first-order valence-electron chi connectivity index (χ1n) is 2.99. The zero-order chi connectivity index (χ0) is 6.53. The van der Waals surface area contributed by atoms with Gasteiger partial charge in [0, 0.05) is 0 Å². The van der Waals surface area contributed by atoms with Crippen molar-refractivity contribution in [2.45, 2.75) is 6.42 Å². The second-order valence-electron chi connectivity index (χ2n) is 1.89. The van der Waals surface area contributed by atoms with Crippen LogP contribution in [0.1, 0.15) is 5.56 Å². The third-order valence-electron chi connectivity index (χ3n) is 1.17. The lowest BCUT2D eigenvalue weighted by molar-refractivity contribution is 1.16. The first-order chi connectivity index (χ1) is 4.43. The van der Waals surface area contributed by atoms with E-state index in [-0.39, 0.29) is 0 Å².